The molecule has 0 saturated carbocycles. The molecule has 0 fully saturated rings. The Morgan fingerprint density at radius 1 is 1.12 bits per heavy atom. The van der Waals surface area contributed by atoms with Gasteiger partial charge in [-0.2, -0.15) is 0 Å². The van der Waals surface area contributed by atoms with Crippen LogP contribution in [0.15, 0.2) is 29.3 Å². The Kier molecular flexibility index (Phi) is 3.81. The van der Waals surface area contributed by atoms with E-state index in [0.717, 1.165) is 25.3 Å². The number of hydrogen-bond donors (Lipinski definition) is 2. The maximum atomic E-state index is 9.17. The number of rotatable bonds is 2. The third-order valence-electron chi connectivity index (χ3n) is 2.81. The number of phenolic OH excluding ortho intramolecular Hbond substituents is 1. The second-order valence-electron chi connectivity index (χ2n) is 4.16. The molecule has 0 unspecified atom stereocenters. The summed E-state index contributed by atoms with van der Waals surface area (Å²) in [5, 5.41) is 12.5. The van der Waals surface area contributed by atoms with Gasteiger partial charge in [0.2, 0.25) is 0 Å². The second kappa shape index (κ2) is 5.54. The van der Waals surface area contributed by atoms with Crippen molar-refractivity contribution < 1.29 is 5.11 Å². The molecule has 0 atom stereocenters. The number of aromatic hydroxyl groups is 1. The largest absolute Gasteiger partial charge is 0.508 e. The van der Waals surface area contributed by atoms with E-state index in [1.54, 1.807) is 12.1 Å². The fourth-order valence-corrected chi connectivity index (χ4v) is 1.84. The Balaban J connectivity index is 1.86. The molecule has 1 aromatic carbocycles. The smallest absolute Gasteiger partial charge is 0.115 e. The molecule has 1 aliphatic heterocycles. The van der Waals surface area contributed by atoms with Crippen LogP contribution in [0.4, 0.5) is 0 Å². The molecule has 16 heavy (non-hydrogen) atoms. The first kappa shape index (κ1) is 11.0. The highest BCUT2D eigenvalue weighted by atomic mass is 16.3. The van der Waals surface area contributed by atoms with Gasteiger partial charge < -0.3 is 10.4 Å². The van der Waals surface area contributed by atoms with Crippen LogP contribution < -0.4 is 5.32 Å². The molecule has 86 valence electrons. The van der Waals surface area contributed by atoms with E-state index in [2.05, 4.69) is 10.3 Å². The monoisotopic (exact) mass is 218 g/mol. The molecule has 3 nitrogen and oxygen atoms in total. The molecule has 0 spiro atoms. The van der Waals surface area contributed by atoms with Crippen LogP contribution in [0, 0.1) is 0 Å². The van der Waals surface area contributed by atoms with Crippen LogP contribution in [0.25, 0.3) is 0 Å². The zero-order valence-corrected chi connectivity index (χ0v) is 9.45. The fraction of sp³-hybridized carbons (Fsp3) is 0.462. The van der Waals surface area contributed by atoms with Crippen LogP contribution in [0.5, 0.6) is 5.75 Å². The van der Waals surface area contributed by atoms with Gasteiger partial charge in [0, 0.05) is 19.5 Å². The minimum absolute atomic E-state index is 0.315. The maximum absolute atomic E-state index is 9.17. The van der Waals surface area contributed by atoms with Gasteiger partial charge in [0.25, 0.3) is 0 Å². The lowest BCUT2D eigenvalue weighted by Gasteiger charge is -2.08. The normalized spacial score (nSPS) is 16.4. The molecule has 0 amide bonds. The number of benzene rings is 1. The predicted molar refractivity (Wildman–Crippen MR) is 65.7 cm³/mol. The number of amidine groups is 1. The lowest BCUT2D eigenvalue weighted by molar-refractivity contribution is 0.475. The van der Waals surface area contributed by atoms with Crippen LogP contribution in [0.1, 0.15) is 31.2 Å². The van der Waals surface area contributed by atoms with E-state index < -0.39 is 0 Å². The fourth-order valence-electron chi connectivity index (χ4n) is 1.84. The summed E-state index contributed by atoms with van der Waals surface area (Å²) in [5.41, 5.74) is 1.17. The molecule has 1 aliphatic rings. The number of nitrogens with zero attached hydrogens (tertiary/aromatic N) is 1. The number of nitrogens with one attached hydrogen (secondary N) is 1. The van der Waals surface area contributed by atoms with Crippen LogP contribution in [0.2, 0.25) is 0 Å². The van der Waals surface area contributed by atoms with Gasteiger partial charge in [-0.3, -0.25) is 4.99 Å². The highest BCUT2D eigenvalue weighted by Crippen LogP contribution is 2.10. The molecule has 0 radical (unpaired) electrons. The molecular formula is C13H18N2O. The van der Waals surface area contributed by atoms with E-state index in [4.69, 9.17) is 5.11 Å². The summed E-state index contributed by atoms with van der Waals surface area (Å²) in [5.74, 6) is 1.45. The molecule has 2 rings (SSSR count). The summed E-state index contributed by atoms with van der Waals surface area (Å²) in [7, 11) is 0. The Labute approximate surface area is 96.2 Å². The average Bonchev–Trinajstić information content (AvgIpc) is 2.57. The Morgan fingerprint density at radius 2 is 1.94 bits per heavy atom. The molecule has 1 heterocycles. The lowest BCUT2D eigenvalue weighted by atomic mass is 10.2. The van der Waals surface area contributed by atoms with Crippen molar-refractivity contribution in [1.82, 2.24) is 5.32 Å². The quantitative estimate of drug-likeness (QED) is 0.801. The van der Waals surface area contributed by atoms with Gasteiger partial charge in [0.05, 0.1) is 5.84 Å². The molecule has 2 N–H and O–H groups in total. The molecule has 0 aliphatic carbocycles. The summed E-state index contributed by atoms with van der Waals surface area (Å²) < 4.78 is 0. The van der Waals surface area contributed by atoms with Crippen molar-refractivity contribution in [3.05, 3.63) is 29.8 Å². The van der Waals surface area contributed by atoms with Crippen molar-refractivity contribution in [3.8, 4) is 5.75 Å². The van der Waals surface area contributed by atoms with Gasteiger partial charge in [0.1, 0.15) is 5.75 Å². The highest BCUT2D eigenvalue weighted by molar-refractivity contribution is 5.82. The summed E-state index contributed by atoms with van der Waals surface area (Å²) in [4.78, 5) is 4.51. The van der Waals surface area contributed by atoms with Gasteiger partial charge in [-0.05, 0) is 30.5 Å². The van der Waals surface area contributed by atoms with Crippen molar-refractivity contribution in [2.45, 2.75) is 32.2 Å². The maximum Gasteiger partial charge on any atom is 0.115 e. The van der Waals surface area contributed by atoms with E-state index in [0.29, 0.717) is 5.75 Å². The van der Waals surface area contributed by atoms with Gasteiger partial charge in [-0.15, -0.1) is 0 Å². The Bertz CT molecular complexity index is 357. The number of phenols is 1. The van der Waals surface area contributed by atoms with E-state index in [-0.39, 0.29) is 0 Å². The van der Waals surface area contributed by atoms with Crippen LogP contribution in [0.3, 0.4) is 0 Å². The zero-order valence-electron chi connectivity index (χ0n) is 9.45. The summed E-state index contributed by atoms with van der Waals surface area (Å²) in [6.45, 7) is 1.75. The van der Waals surface area contributed by atoms with Crippen molar-refractivity contribution in [2.75, 3.05) is 6.54 Å². The Hall–Kier alpha value is -1.51. The molecule has 0 saturated heterocycles. The van der Waals surface area contributed by atoms with Crippen molar-refractivity contribution in [3.63, 3.8) is 0 Å². The first-order valence-corrected chi connectivity index (χ1v) is 5.90. The third-order valence-corrected chi connectivity index (χ3v) is 2.81. The van der Waals surface area contributed by atoms with Crippen LogP contribution in [-0.2, 0) is 6.54 Å². The van der Waals surface area contributed by atoms with E-state index >= 15 is 0 Å². The number of hydrogen-bond acceptors (Lipinski definition) is 3. The highest BCUT2D eigenvalue weighted by Gasteiger charge is 2.03. The topological polar surface area (TPSA) is 44.6 Å². The number of aliphatic imine (C=N–C) groups is 1. The Morgan fingerprint density at radius 3 is 2.75 bits per heavy atom. The van der Waals surface area contributed by atoms with Crippen LogP contribution in [-0.4, -0.2) is 17.5 Å². The van der Waals surface area contributed by atoms with Gasteiger partial charge in [-0.25, -0.2) is 0 Å². The average molecular weight is 218 g/mol. The molecule has 0 aromatic heterocycles. The minimum Gasteiger partial charge on any atom is -0.508 e. The van der Waals surface area contributed by atoms with Crippen molar-refractivity contribution in [2.24, 2.45) is 4.99 Å². The third kappa shape index (κ3) is 3.26. The van der Waals surface area contributed by atoms with Crippen molar-refractivity contribution in [1.29, 1.82) is 0 Å². The molecule has 3 heteroatoms. The van der Waals surface area contributed by atoms with Gasteiger partial charge >= 0.3 is 0 Å². The van der Waals surface area contributed by atoms with E-state index in [1.165, 1.54) is 24.8 Å². The summed E-state index contributed by atoms with van der Waals surface area (Å²) >= 11 is 0. The standard InChI is InChI=1S/C13H18N2O/c16-12-7-5-11(6-8-12)10-15-13-4-2-1-3-9-14-13/h5-8,16H,1-4,9-10H2,(H,14,15). The predicted octanol–water partition coefficient (Wildman–Crippen LogP) is 2.45. The van der Waals surface area contributed by atoms with E-state index in [1.807, 2.05) is 12.1 Å². The second-order valence-corrected chi connectivity index (χ2v) is 4.16. The van der Waals surface area contributed by atoms with Crippen LogP contribution >= 0.6 is 0 Å². The van der Waals surface area contributed by atoms with Gasteiger partial charge in [0.15, 0.2) is 0 Å². The lowest BCUT2D eigenvalue weighted by Crippen LogP contribution is -2.22. The van der Waals surface area contributed by atoms with Crippen molar-refractivity contribution >= 4 is 5.84 Å². The summed E-state index contributed by atoms with van der Waals surface area (Å²) in [6.07, 6.45) is 4.80. The molecule has 1 aromatic rings. The SMILES string of the molecule is Oc1ccc(CNC2=NCCCCC2)cc1. The van der Waals surface area contributed by atoms with Gasteiger partial charge in [-0.1, -0.05) is 18.6 Å². The zero-order chi connectivity index (χ0) is 11.2. The molecule has 0 bridgehead atoms. The summed E-state index contributed by atoms with van der Waals surface area (Å²) in [6, 6.07) is 7.29. The van der Waals surface area contributed by atoms with E-state index in [9.17, 15) is 0 Å². The molecular weight excluding hydrogens is 200 g/mol. The first-order chi connectivity index (χ1) is 7.84. The first-order valence-electron chi connectivity index (χ1n) is 5.90. The minimum atomic E-state index is 0.315.